The number of nitrogens with zero attached hydrogens (tertiary/aromatic N) is 1. The lowest BCUT2D eigenvalue weighted by molar-refractivity contribution is -0.137. The van der Waals surface area contributed by atoms with Crippen molar-refractivity contribution in [3.05, 3.63) is 58.1 Å². The molecule has 0 fully saturated rings. The summed E-state index contributed by atoms with van der Waals surface area (Å²) < 4.78 is 64.0. The predicted molar refractivity (Wildman–Crippen MR) is 98.7 cm³/mol. The fraction of sp³-hybridized carbons (Fsp3) is 0.188. The first-order valence-electron chi connectivity index (χ1n) is 7.28. The molecular weight excluding hydrogens is 428 g/mol. The summed E-state index contributed by atoms with van der Waals surface area (Å²) in [6.45, 7) is -0.722. The van der Waals surface area contributed by atoms with E-state index in [4.69, 9.17) is 23.2 Å². The van der Waals surface area contributed by atoms with E-state index in [-0.39, 0.29) is 10.7 Å². The number of halogens is 5. The summed E-state index contributed by atoms with van der Waals surface area (Å²) in [7, 11) is -3.88. The Morgan fingerprint density at radius 1 is 1.07 bits per heavy atom. The normalized spacial score (nSPS) is 11.9. The molecule has 146 valence electrons. The smallest absolute Gasteiger partial charge is 0.324 e. The van der Waals surface area contributed by atoms with Crippen LogP contribution in [0.15, 0.2) is 42.5 Å². The average molecular weight is 441 g/mol. The van der Waals surface area contributed by atoms with Crippen LogP contribution in [-0.4, -0.2) is 27.1 Å². The van der Waals surface area contributed by atoms with Crippen LogP contribution in [0.25, 0.3) is 0 Å². The van der Waals surface area contributed by atoms with Crippen molar-refractivity contribution in [2.45, 2.75) is 6.18 Å². The van der Waals surface area contributed by atoms with Crippen molar-refractivity contribution in [1.29, 1.82) is 0 Å². The van der Waals surface area contributed by atoms with Crippen molar-refractivity contribution in [1.82, 2.24) is 0 Å². The zero-order valence-electron chi connectivity index (χ0n) is 13.7. The van der Waals surface area contributed by atoms with Gasteiger partial charge in [0.05, 0.1) is 23.2 Å². The molecule has 0 saturated carbocycles. The highest BCUT2D eigenvalue weighted by molar-refractivity contribution is 7.92. The van der Waals surface area contributed by atoms with Gasteiger partial charge in [0.2, 0.25) is 15.9 Å². The number of benzene rings is 2. The molecule has 27 heavy (non-hydrogen) atoms. The molecule has 0 aliphatic heterocycles. The number of nitrogens with one attached hydrogen (secondary N) is 1. The molecular formula is C16H13Cl2F3N2O3S. The second kappa shape index (κ2) is 7.95. The molecule has 1 N–H and O–H groups in total. The van der Waals surface area contributed by atoms with Gasteiger partial charge in [0.25, 0.3) is 0 Å². The summed E-state index contributed by atoms with van der Waals surface area (Å²) in [5.41, 5.74) is -1.52. The van der Waals surface area contributed by atoms with Gasteiger partial charge in [0, 0.05) is 10.0 Å². The van der Waals surface area contributed by atoms with E-state index in [1.165, 1.54) is 30.3 Å². The van der Waals surface area contributed by atoms with Gasteiger partial charge in [-0.05, 0) is 42.5 Å². The minimum Gasteiger partial charge on any atom is -0.324 e. The lowest BCUT2D eigenvalue weighted by atomic mass is 10.1. The molecule has 5 nitrogen and oxygen atoms in total. The Kier molecular flexibility index (Phi) is 6.28. The third-order valence-electron chi connectivity index (χ3n) is 3.36. The fourth-order valence-electron chi connectivity index (χ4n) is 2.19. The van der Waals surface area contributed by atoms with Gasteiger partial charge in [0.15, 0.2) is 0 Å². The van der Waals surface area contributed by atoms with Gasteiger partial charge >= 0.3 is 6.18 Å². The molecule has 0 bridgehead atoms. The van der Waals surface area contributed by atoms with E-state index in [1.807, 2.05) is 0 Å². The van der Waals surface area contributed by atoms with E-state index in [9.17, 15) is 26.4 Å². The SMILES string of the molecule is CS(=O)(=O)N(CC(=O)Nc1ccc(Cl)cc1C(F)(F)F)c1ccc(Cl)cc1. The Morgan fingerprint density at radius 2 is 1.63 bits per heavy atom. The Balaban J connectivity index is 2.29. The second-order valence-electron chi connectivity index (χ2n) is 5.48. The van der Waals surface area contributed by atoms with E-state index in [0.29, 0.717) is 11.1 Å². The van der Waals surface area contributed by atoms with Crippen LogP contribution in [0.5, 0.6) is 0 Å². The first kappa shape index (κ1) is 21.3. The van der Waals surface area contributed by atoms with Gasteiger partial charge in [-0.1, -0.05) is 23.2 Å². The summed E-state index contributed by atoms with van der Waals surface area (Å²) in [4.78, 5) is 12.2. The van der Waals surface area contributed by atoms with E-state index >= 15 is 0 Å². The van der Waals surface area contributed by atoms with Crippen LogP contribution in [0.3, 0.4) is 0 Å². The Bertz CT molecular complexity index is 948. The highest BCUT2D eigenvalue weighted by Crippen LogP contribution is 2.36. The molecule has 0 spiro atoms. The van der Waals surface area contributed by atoms with Crippen molar-refractivity contribution in [2.75, 3.05) is 22.4 Å². The third-order valence-corrected chi connectivity index (χ3v) is 4.99. The molecule has 0 saturated heterocycles. The summed E-state index contributed by atoms with van der Waals surface area (Å²) in [6, 6.07) is 8.45. The molecule has 1 amide bonds. The van der Waals surface area contributed by atoms with Crippen LogP contribution >= 0.6 is 23.2 Å². The molecule has 2 aromatic rings. The minimum atomic E-state index is -4.75. The highest BCUT2D eigenvalue weighted by atomic mass is 35.5. The van der Waals surface area contributed by atoms with Crippen molar-refractivity contribution in [2.24, 2.45) is 0 Å². The van der Waals surface area contributed by atoms with Crippen LogP contribution < -0.4 is 9.62 Å². The van der Waals surface area contributed by atoms with Crippen molar-refractivity contribution >= 4 is 50.5 Å². The molecule has 2 rings (SSSR count). The van der Waals surface area contributed by atoms with Gasteiger partial charge < -0.3 is 5.32 Å². The summed E-state index contributed by atoms with van der Waals surface area (Å²) in [6.07, 6.45) is -3.88. The molecule has 0 unspecified atom stereocenters. The van der Waals surface area contributed by atoms with E-state index in [0.717, 1.165) is 16.6 Å². The molecule has 2 aromatic carbocycles. The molecule has 0 heterocycles. The third kappa shape index (κ3) is 5.75. The molecule has 0 radical (unpaired) electrons. The fourth-order valence-corrected chi connectivity index (χ4v) is 3.34. The molecule has 11 heteroatoms. The first-order valence-corrected chi connectivity index (χ1v) is 9.88. The number of sulfonamides is 1. The Morgan fingerprint density at radius 3 is 2.15 bits per heavy atom. The number of amides is 1. The number of carbonyl (C=O) groups excluding carboxylic acids is 1. The predicted octanol–water partition coefficient (Wildman–Crippen LogP) is 4.42. The number of alkyl halides is 3. The summed E-state index contributed by atoms with van der Waals surface area (Å²) in [5, 5.41) is 2.28. The van der Waals surface area contributed by atoms with Gasteiger partial charge in [-0.2, -0.15) is 13.2 Å². The maximum absolute atomic E-state index is 13.1. The summed E-state index contributed by atoms with van der Waals surface area (Å²) in [5.74, 6) is -0.955. The minimum absolute atomic E-state index is 0.143. The number of carbonyl (C=O) groups is 1. The van der Waals surface area contributed by atoms with Gasteiger partial charge in [-0.15, -0.1) is 0 Å². The highest BCUT2D eigenvalue weighted by Gasteiger charge is 2.34. The van der Waals surface area contributed by atoms with Crippen LogP contribution in [0.2, 0.25) is 10.0 Å². The first-order chi connectivity index (χ1) is 12.4. The van der Waals surface area contributed by atoms with Gasteiger partial charge in [0.1, 0.15) is 6.54 Å². The number of anilines is 2. The quantitative estimate of drug-likeness (QED) is 0.748. The summed E-state index contributed by atoms with van der Waals surface area (Å²) >= 11 is 11.3. The van der Waals surface area contributed by atoms with E-state index in [1.54, 1.807) is 0 Å². The zero-order chi connectivity index (χ0) is 20.4. The van der Waals surface area contributed by atoms with Crippen molar-refractivity contribution in [3.8, 4) is 0 Å². The number of hydrogen-bond acceptors (Lipinski definition) is 3. The van der Waals surface area contributed by atoms with Crippen LogP contribution in [0.4, 0.5) is 24.5 Å². The lowest BCUT2D eigenvalue weighted by Gasteiger charge is -2.22. The largest absolute Gasteiger partial charge is 0.418 e. The van der Waals surface area contributed by atoms with Gasteiger partial charge in [-0.25, -0.2) is 8.42 Å². The monoisotopic (exact) mass is 440 g/mol. The zero-order valence-corrected chi connectivity index (χ0v) is 16.0. The van der Waals surface area contributed by atoms with Crippen LogP contribution in [0, 0.1) is 0 Å². The second-order valence-corrected chi connectivity index (χ2v) is 8.26. The molecule has 0 aromatic heterocycles. The maximum atomic E-state index is 13.1. The standard InChI is InChI=1S/C16H13Cl2F3N2O3S/c1-27(25,26)23(12-5-2-10(17)3-6-12)9-15(24)22-14-7-4-11(18)8-13(14)16(19,20)21/h2-8H,9H2,1H3,(H,22,24). The van der Waals surface area contributed by atoms with Crippen LogP contribution in [-0.2, 0) is 21.0 Å². The Labute approximate surface area is 163 Å². The van der Waals surface area contributed by atoms with Crippen LogP contribution in [0.1, 0.15) is 5.56 Å². The van der Waals surface area contributed by atoms with E-state index < -0.39 is 39.9 Å². The Hall–Kier alpha value is -1.97. The number of hydrogen-bond donors (Lipinski definition) is 1. The lowest BCUT2D eigenvalue weighted by Crippen LogP contribution is -2.37. The van der Waals surface area contributed by atoms with Crippen molar-refractivity contribution in [3.63, 3.8) is 0 Å². The topological polar surface area (TPSA) is 66.5 Å². The van der Waals surface area contributed by atoms with E-state index in [2.05, 4.69) is 5.32 Å². The average Bonchev–Trinajstić information content (AvgIpc) is 2.53. The number of rotatable bonds is 5. The molecule has 0 aliphatic carbocycles. The molecule has 0 atom stereocenters. The van der Waals surface area contributed by atoms with Crippen molar-refractivity contribution < 1.29 is 26.4 Å². The molecule has 0 aliphatic rings. The maximum Gasteiger partial charge on any atom is 0.418 e. The van der Waals surface area contributed by atoms with Gasteiger partial charge in [-0.3, -0.25) is 9.10 Å².